The number of thiophene rings is 1. The normalized spacial score (nSPS) is 23.8. The SMILES string of the molecule is CCC(C)C(NC(=O)OC(C)(C)C)C(=O)NS(=O)(=O)OCC1OC(CCOC(=O)C=Cc2ccc([N+](=O)[O-])s2)C2OC(C)(C)OC12. The lowest BCUT2D eigenvalue weighted by atomic mass is 9.99. The predicted octanol–water partition coefficient (Wildman–Crippen LogP) is 3.21. The van der Waals surface area contributed by atoms with E-state index < -0.39 is 87.6 Å². The third kappa shape index (κ3) is 11.0. The lowest BCUT2D eigenvalue weighted by Crippen LogP contribution is -2.52. The number of carbonyl (C=O) groups is 3. The summed E-state index contributed by atoms with van der Waals surface area (Å²) >= 11 is 0.911. The molecule has 2 aliphatic heterocycles. The number of nitro groups is 1. The maximum Gasteiger partial charge on any atom is 0.408 e. The summed E-state index contributed by atoms with van der Waals surface area (Å²) in [5.74, 6) is -3.12. The Hall–Kier alpha value is -3.16. The number of fused-ring (bicyclic) bond motifs is 1. The van der Waals surface area contributed by atoms with E-state index in [0.29, 0.717) is 11.3 Å². The van der Waals surface area contributed by atoms with Gasteiger partial charge in [-0.3, -0.25) is 19.1 Å². The first-order chi connectivity index (χ1) is 21.3. The zero-order valence-electron chi connectivity index (χ0n) is 26.7. The molecule has 46 heavy (non-hydrogen) atoms. The molecule has 1 aromatic rings. The molecule has 0 radical (unpaired) electrons. The smallest absolute Gasteiger partial charge is 0.408 e. The standard InChI is InChI=1S/C28H41N3O13S2/c1-8-16(2)22(29-26(34)44-27(3,4)5)25(33)30-46(37,38)40-15-19-24-23(42-28(6,7)43-24)18(41-19)13-14-39-21(32)12-10-17-9-11-20(45-17)31(35)36/h9-12,16,18-19,22-24H,8,13-15H2,1-7H3,(H,29,34)(H,30,33). The fourth-order valence-electron chi connectivity index (χ4n) is 4.65. The van der Waals surface area contributed by atoms with Gasteiger partial charge in [0.05, 0.1) is 24.2 Å². The Morgan fingerprint density at radius 3 is 2.41 bits per heavy atom. The molecular formula is C28H41N3O13S2. The minimum atomic E-state index is -4.64. The van der Waals surface area contributed by atoms with Gasteiger partial charge in [-0.2, -0.15) is 8.42 Å². The average molecular weight is 692 g/mol. The van der Waals surface area contributed by atoms with Crippen LogP contribution in [0.25, 0.3) is 6.08 Å². The first kappa shape index (κ1) is 37.3. The number of ether oxygens (including phenoxy) is 5. The van der Waals surface area contributed by atoms with Gasteiger partial charge in [-0.25, -0.2) is 14.3 Å². The van der Waals surface area contributed by atoms with E-state index in [-0.39, 0.29) is 18.0 Å². The van der Waals surface area contributed by atoms with Gasteiger partial charge in [-0.1, -0.05) is 31.6 Å². The first-order valence-corrected chi connectivity index (χ1v) is 16.8. The molecular weight excluding hydrogens is 650 g/mol. The molecule has 0 aliphatic carbocycles. The van der Waals surface area contributed by atoms with Gasteiger partial charge in [0.2, 0.25) is 0 Å². The molecule has 16 nitrogen and oxygen atoms in total. The lowest BCUT2D eigenvalue weighted by Gasteiger charge is -2.26. The van der Waals surface area contributed by atoms with Crippen molar-refractivity contribution in [2.24, 2.45) is 5.92 Å². The summed E-state index contributed by atoms with van der Waals surface area (Å²) in [5, 5.41) is 13.2. The highest BCUT2D eigenvalue weighted by molar-refractivity contribution is 7.85. The van der Waals surface area contributed by atoms with Gasteiger partial charge in [0, 0.05) is 23.4 Å². The van der Waals surface area contributed by atoms with E-state index in [4.69, 9.17) is 27.9 Å². The monoisotopic (exact) mass is 691 g/mol. The number of nitrogens with one attached hydrogen (secondary N) is 2. The maximum atomic E-state index is 12.9. The van der Waals surface area contributed by atoms with Crippen molar-refractivity contribution in [1.82, 2.24) is 10.0 Å². The summed E-state index contributed by atoms with van der Waals surface area (Å²) in [6.45, 7) is 11.2. The van der Waals surface area contributed by atoms with Crippen molar-refractivity contribution >= 4 is 50.7 Å². The summed E-state index contributed by atoms with van der Waals surface area (Å²) in [6.07, 6.45) is -0.612. The number of nitrogens with zero attached hydrogens (tertiary/aromatic N) is 1. The summed E-state index contributed by atoms with van der Waals surface area (Å²) in [7, 11) is -4.64. The lowest BCUT2D eigenvalue weighted by molar-refractivity contribution is -0.380. The molecule has 0 spiro atoms. The molecule has 18 heteroatoms. The Kier molecular flexibility index (Phi) is 12.3. The highest BCUT2D eigenvalue weighted by atomic mass is 32.2. The Bertz CT molecular complexity index is 1400. The second kappa shape index (κ2) is 15.2. The van der Waals surface area contributed by atoms with Crippen LogP contribution in [-0.4, -0.2) is 86.4 Å². The van der Waals surface area contributed by atoms with Crippen molar-refractivity contribution < 1.29 is 55.6 Å². The van der Waals surface area contributed by atoms with E-state index in [1.807, 2.05) is 4.72 Å². The number of rotatable bonds is 14. The molecule has 0 aromatic carbocycles. The fraction of sp³-hybridized carbons (Fsp3) is 0.679. The fourth-order valence-corrected chi connectivity index (χ4v) is 6.12. The van der Waals surface area contributed by atoms with Crippen molar-refractivity contribution in [2.45, 2.75) is 103 Å². The second-order valence-electron chi connectivity index (χ2n) is 12.2. The second-order valence-corrected chi connectivity index (χ2v) is 14.7. The number of carbonyl (C=O) groups excluding carboxylic acids is 3. The molecule has 6 unspecified atom stereocenters. The van der Waals surface area contributed by atoms with Crippen LogP contribution in [0, 0.1) is 16.0 Å². The van der Waals surface area contributed by atoms with Gasteiger partial charge >= 0.3 is 27.4 Å². The van der Waals surface area contributed by atoms with E-state index in [1.54, 1.807) is 48.5 Å². The van der Waals surface area contributed by atoms with Crippen LogP contribution in [0.2, 0.25) is 0 Å². The topological polar surface area (TPSA) is 208 Å². The average Bonchev–Trinajstić information content (AvgIpc) is 3.61. The molecule has 0 bridgehead atoms. The largest absolute Gasteiger partial charge is 0.462 e. The predicted molar refractivity (Wildman–Crippen MR) is 164 cm³/mol. The zero-order valence-corrected chi connectivity index (χ0v) is 28.3. The number of hydrogen-bond donors (Lipinski definition) is 2. The first-order valence-electron chi connectivity index (χ1n) is 14.6. The molecule has 258 valence electrons. The van der Waals surface area contributed by atoms with Gasteiger partial charge in [0.15, 0.2) is 5.79 Å². The highest BCUT2D eigenvalue weighted by Crippen LogP contribution is 2.40. The highest BCUT2D eigenvalue weighted by Gasteiger charge is 2.55. The van der Waals surface area contributed by atoms with Gasteiger partial charge < -0.3 is 29.0 Å². The zero-order chi connectivity index (χ0) is 34.4. The Morgan fingerprint density at radius 1 is 1.17 bits per heavy atom. The Balaban J connectivity index is 1.56. The van der Waals surface area contributed by atoms with Crippen molar-refractivity contribution in [3.8, 4) is 0 Å². The van der Waals surface area contributed by atoms with Crippen molar-refractivity contribution in [3.05, 3.63) is 33.2 Å². The van der Waals surface area contributed by atoms with Crippen LogP contribution in [0.3, 0.4) is 0 Å². The maximum absolute atomic E-state index is 12.9. The van der Waals surface area contributed by atoms with Crippen LogP contribution < -0.4 is 10.0 Å². The molecule has 2 amide bonds. The van der Waals surface area contributed by atoms with E-state index in [1.165, 1.54) is 18.2 Å². The van der Waals surface area contributed by atoms with Crippen molar-refractivity contribution in [1.29, 1.82) is 0 Å². The van der Waals surface area contributed by atoms with Gasteiger partial charge in [-0.15, -0.1) is 0 Å². The Labute approximate surface area is 271 Å². The summed E-state index contributed by atoms with van der Waals surface area (Å²) in [4.78, 5) is 48.2. The quantitative estimate of drug-likeness (QED) is 0.124. The van der Waals surface area contributed by atoms with Crippen LogP contribution in [0.5, 0.6) is 0 Å². The number of amides is 2. The number of esters is 1. The molecule has 3 heterocycles. The Morgan fingerprint density at radius 2 is 1.83 bits per heavy atom. The van der Waals surface area contributed by atoms with Crippen LogP contribution in [-0.2, 0) is 47.8 Å². The molecule has 2 N–H and O–H groups in total. The van der Waals surface area contributed by atoms with Crippen molar-refractivity contribution in [2.75, 3.05) is 13.2 Å². The molecule has 2 aliphatic rings. The number of alkyl carbamates (subject to hydrolysis) is 1. The third-order valence-electron chi connectivity index (χ3n) is 6.85. The summed E-state index contributed by atoms with van der Waals surface area (Å²) < 4.78 is 60.7. The minimum absolute atomic E-state index is 0.0538. The van der Waals surface area contributed by atoms with E-state index in [2.05, 4.69) is 5.32 Å². The molecule has 1 aromatic heterocycles. The van der Waals surface area contributed by atoms with Crippen LogP contribution >= 0.6 is 11.3 Å². The van der Waals surface area contributed by atoms with Gasteiger partial charge in [-0.05, 0) is 52.7 Å². The molecule has 0 saturated carbocycles. The van der Waals surface area contributed by atoms with Crippen LogP contribution in [0.4, 0.5) is 9.80 Å². The van der Waals surface area contributed by atoms with Crippen molar-refractivity contribution in [3.63, 3.8) is 0 Å². The van der Waals surface area contributed by atoms with E-state index in [0.717, 1.165) is 17.4 Å². The van der Waals surface area contributed by atoms with E-state index in [9.17, 15) is 32.9 Å². The minimum Gasteiger partial charge on any atom is -0.462 e. The molecule has 3 rings (SSSR count). The molecule has 6 atom stereocenters. The summed E-state index contributed by atoms with van der Waals surface area (Å²) in [5.41, 5.74) is -0.830. The number of hydrogen-bond acceptors (Lipinski definition) is 14. The van der Waals surface area contributed by atoms with Gasteiger partial charge in [0.1, 0.15) is 30.0 Å². The van der Waals surface area contributed by atoms with Crippen LogP contribution in [0.1, 0.15) is 66.2 Å². The molecule has 2 fully saturated rings. The third-order valence-corrected chi connectivity index (χ3v) is 8.75. The molecule has 2 saturated heterocycles. The van der Waals surface area contributed by atoms with E-state index >= 15 is 0 Å². The van der Waals surface area contributed by atoms with Gasteiger partial charge in [0.25, 0.3) is 5.91 Å². The summed E-state index contributed by atoms with van der Waals surface area (Å²) in [6, 6.07) is 1.63. The van der Waals surface area contributed by atoms with Crippen LogP contribution in [0.15, 0.2) is 18.2 Å².